The molecule has 0 amide bonds. The fraction of sp³-hybridized carbons (Fsp3) is 0.667. The number of hydrogen-bond donors (Lipinski definition) is 1. The molecule has 0 spiro atoms. The normalized spacial score (nSPS) is 17.2. The van der Waals surface area contributed by atoms with E-state index in [2.05, 4.69) is 69.3 Å². The van der Waals surface area contributed by atoms with Gasteiger partial charge < -0.3 is 15.0 Å². The van der Waals surface area contributed by atoms with Crippen molar-refractivity contribution < 1.29 is 4.74 Å². The van der Waals surface area contributed by atoms with Crippen LogP contribution in [0.15, 0.2) is 24.3 Å². The van der Waals surface area contributed by atoms with Gasteiger partial charge in [0, 0.05) is 31.4 Å². The molecule has 1 aliphatic carbocycles. The molecule has 1 fully saturated rings. The quantitative estimate of drug-likeness (QED) is 0.861. The van der Waals surface area contributed by atoms with E-state index >= 15 is 0 Å². The highest BCUT2D eigenvalue weighted by Gasteiger charge is 2.39. The summed E-state index contributed by atoms with van der Waals surface area (Å²) in [4.78, 5) is 2.11. The van der Waals surface area contributed by atoms with Crippen LogP contribution in [-0.2, 0) is 0 Å². The summed E-state index contributed by atoms with van der Waals surface area (Å²) in [5, 5.41) is 3.57. The summed E-state index contributed by atoms with van der Waals surface area (Å²) in [5.74, 6) is 0.997. The van der Waals surface area contributed by atoms with Crippen LogP contribution >= 0.6 is 0 Å². The number of nitrogens with one attached hydrogen (secondary N) is 1. The zero-order valence-electron chi connectivity index (χ0n) is 14.2. The highest BCUT2D eigenvalue weighted by molar-refractivity contribution is 5.49. The number of benzene rings is 1. The SMILES string of the molecule is CN(C)c1cccc(OC2(CCNC(C)(C)C)CCC2)c1. The van der Waals surface area contributed by atoms with Gasteiger partial charge in [0.05, 0.1) is 0 Å². The molecule has 1 aliphatic rings. The van der Waals surface area contributed by atoms with E-state index in [1.54, 1.807) is 0 Å². The van der Waals surface area contributed by atoms with Gasteiger partial charge in [0.15, 0.2) is 0 Å². The molecular weight excluding hydrogens is 260 g/mol. The average Bonchev–Trinajstić information content (AvgIpc) is 2.34. The van der Waals surface area contributed by atoms with Crippen LogP contribution in [0.3, 0.4) is 0 Å². The maximum Gasteiger partial charge on any atom is 0.122 e. The first kappa shape index (κ1) is 16.2. The number of ether oxygens (including phenoxy) is 1. The Bertz CT molecular complexity index is 459. The topological polar surface area (TPSA) is 24.5 Å². The molecule has 21 heavy (non-hydrogen) atoms. The minimum atomic E-state index is 0.0448. The third kappa shape index (κ3) is 4.63. The Balaban J connectivity index is 1.96. The van der Waals surface area contributed by atoms with Gasteiger partial charge in [0.2, 0.25) is 0 Å². The lowest BCUT2D eigenvalue weighted by atomic mass is 9.77. The Morgan fingerprint density at radius 3 is 2.48 bits per heavy atom. The Hall–Kier alpha value is -1.22. The lowest BCUT2D eigenvalue weighted by Gasteiger charge is -2.42. The van der Waals surface area contributed by atoms with E-state index in [0.717, 1.165) is 18.7 Å². The number of anilines is 1. The molecule has 0 atom stereocenters. The monoisotopic (exact) mass is 290 g/mol. The molecule has 0 radical (unpaired) electrons. The van der Waals surface area contributed by atoms with Gasteiger partial charge in [-0.2, -0.15) is 0 Å². The Kier molecular flexibility index (Phi) is 4.82. The minimum absolute atomic E-state index is 0.0448. The van der Waals surface area contributed by atoms with Crippen molar-refractivity contribution in [1.82, 2.24) is 5.32 Å². The summed E-state index contributed by atoms with van der Waals surface area (Å²) in [5.41, 5.74) is 1.41. The highest BCUT2D eigenvalue weighted by Crippen LogP contribution is 2.39. The van der Waals surface area contributed by atoms with Crippen molar-refractivity contribution in [2.24, 2.45) is 0 Å². The Labute approximate surface area is 129 Å². The van der Waals surface area contributed by atoms with E-state index in [-0.39, 0.29) is 11.1 Å². The molecule has 0 bridgehead atoms. The van der Waals surface area contributed by atoms with Gasteiger partial charge in [-0.1, -0.05) is 6.07 Å². The lowest BCUT2D eigenvalue weighted by Crippen LogP contribution is -2.47. The molecule has 2 rings (SSSR count). The van der Waals surface area contributed by atoms with Gasteiger partial charge in [-0.25, -0.2) is 0 Å². The molecule has 0 aliphatic heterocycles. The van der Waals surface area contributed by atoms with Crippen LogP contribution in [-0.4, -0.2) is 31.8 Å². The smallest absolute Gasteiger partial charge is 0.122 e. The van der Waals surface area contributed by atoms with Crippen molar-refractivity contribution in [3.8, 4) is 5.75 Å². The predicted molar refractivity (Wildman–Crippen MR) is 90.4 cm³/mol. The van der Waals surface area contributed by atoms with Crippen LogP contribution in [0.5, 0.6) is 5.75 Å². The molecule has 118 valence electrons. The first-order valence-corrected chi connectivity index (χ1v) is 8.01. The van der Waals surface area contributed by atoms with Crippen LogP contribution < -0.4 is 15.0 Å². The Morgan fingerprint density at radius 2 is 1.95 bits per heavy atom. The van der Waals surface area contributed by atoms with Gasteiger partial charge >= 0.3 is 0 Å². The average molecular weight is 290 g/mol. The molecule has 1 aromatic rings. The number of rotatable bonds is 6. The van der Waals surface area contributed by atoms with E-state index in [0.29, 0.717) is 0 Å². The first-order chi connectivity index (χ1) is 9.80. The van der Waals surface area contributed by atoms with Crippen LogP contribution in [0.2, 0.25) is 0 Å². The molecule has 1 aromatic carbocycles. The van der Waals surface area contributed by atoms with Crippen molar-refractivity contribution in [3.05, 3.63) is 24.3 Å². The van der Waals surface area contributed by atoms with Gasteiger partial charge in [-0.15, -0.1) is 0 Å². The molecule has 3 heteroatoms. The van der Waals surface area contributed by atoms with E-state index in [4.69, 9.17) is 4.74 Å². The van der Waals surface area contributed by atoms with Crippen molar-refractivity contribution in [2.75, 3.05) is 25.5 Å². The standard InChI is InChI=1S/C18H30N2O/c1-17(2,3)19-13-12-18(10-7-11-18)21-16-9-6-8-15(14-16)20(4)5/h6,8-9,14,19H,7,10-13H2,1-5H3. The summed E-state index contributed by atoms with van der Waals surface area (Å²) in [7, 11) is 4.12. The molecule has 0 heterocycles. The van der Waals surface area contributed by atoms with E-state index in [9.17, 15) is 0 Å². The summed E-state index contributed by atoms with van der Waals surface area (Å²) in [6, 6.07) is 8.40. The second-order valence-electron chi connectivity index (χ2n) is 7.46. The van der Waals surface area contributed by atoms with Crippen LogP contribution in [0.4, 0.5) is 5.69 Å². The summed E-state index contributed by atoms with van der Waals surface area (Å²) < 4.78 is 6.38. The summed E-state index contributed by atoms with van der Waals surface area (Å²) in [6.07, 6.45) is 4.70. The van der Waals surface area contributed by atoms with Crippen molar-refractivity contribution in [2.45, 2.75) is 57.6 Å². The largest absolute Gasteiger partial charge is 0.487 e. The third-order valence-corrected chi connectivity index (χ3v) is 4.17. The summed E-state index contributed by atoms with van der Waals surface area (Å²) >= 11 is 0. The van der Waals surface area contributed by atoms with Crippen LogP contribution in [0, 0.1) is 0 Å². The van der Waals surface area contributed by atoms with Gasteiger partial charge in [0.25, 0.3) is 0 Å². The number of hydrogen-bond acceptors (Lipinski definition) is 3. The maximum absolute atomic E-state index is 6.38. The zero-order valence-corrected chi connectivity index (χ0v) is 14.2. The summed E-state index contributed by atoms with van der Waals surface area (Å²) in [6.45, 7) is 7.64. The predicted octanol–water partition coefficient (Wildman–Crippen LogP) is 3.83. The van der Waals surface area contributed by atoms with E-state index < -0.39 is 0 Å². The second-order valence-corrected chi connectivity index (χ2v) is 7.46. The number of nitrogens with zero attached hydrogens (tertiary/aromatic N) is 1. The van der Waals surface area contributed by atoms with Crippen LogP contribution in [0.25, 0.3) is 0 Å². The Morgan fingerprint density at radius 1 is 1.24 bits per heavy atom. The second kappa shape index (κ2) is 6.27. The molecule has 0 aromatic heterocycles. The first-order valence-electron chi connectivity index (χ1n) is 8.01. The molecule has 1 saturated carbocycles. The third-order valence-electron chi connectivity index (χ3n) is 4.17. The molecule has 3 nitrogen and oxygen atoms in total. The van der Waals surface area contributed by atoms with Crippen molar-refractivity contribution in [3.63, 3.8) is 0 Å². The van der Waals surface area contributed by atoms with E-state index in [1.165, 1.54) is 24.9 Å². The maximum atomic E-state index is 6.38. The van der Waals surface area contributed by atoms with Crippen LogP contribution in [0.1, 0.15) is 46.5 Å². The molecule has 0 saturated heterocycles. The fourth-order valence-corrected chi connectivity index (χ4v) is 2.71. The van der Waals surface area contributed by atoms with Crippen molar-refractivity contribution >= 4 is 5.69 Å². The van der Waals surface area contributed by atoms with Gasteiger partial charge in [-0.3, -0.25) is 0 Å². The zero-order chi connectivity index (χ0) is 15.5. The lowest BCUT2D eigenvalue weighted by molar-refractivity contribution is -0.0152. The van der Waals surface area contributed by atoms with Gasteiger partial charge in [-0.05, 0) is 65.1 Å². The molecular formula is C18H30N2O. The molecule has 1 N–H and O–H groups in total. The molecule has 0 unspecified atom stereocenters. The van der Waals surface area contributed by atoms with E-state index in [1.807, 2.05) is 0 Å². The minimum Gasteiger partial charge on any atom is -0.487 e. The van der Waals surface area contributed by atoms with Crippen molar-refractivity contribution in [1.29, 1.82) is 0 Å². The fourth-order valence-electron chi connectivity index (χ4n) is 2.71. The van der Waals surface area contributed by atoms with Gasteiger partial charge in [0.1, 0.15) is 11.4 Å². The highest BCUT2D eigenvalue weighted by atomic mass is 16.5.